The van der Waals surface area contributed by atoms with E-state index in [9.17, 15) is 10.2 Å². The third-order valence-electron chi connectivity index (χ3n) is 2.72. The molecule has 0 amide bonds. The van der Waals surface area contributed by atoms with Crippen LogP contribution in [0.25, 0.3) is 0 Å². The van der Waals surface area contributed by atoms with E-state index in [-0.39, 0.29) is 13.2 Å². The standard InChI is InChI=1S/C16H26O4S2/c1-3-21-11-13(17)9-19-15-6-5-7-16(8-15)20-10-14(18)12-22-4-2/h5-8,13-14,17-18H,3-4,9-12H2,1-2H3. The Morgan fingerprint density at radius 3 is 1.77 bits per heavy atom. The van der Waals surface area contributed by atoms with Gasteiger partial charge < -0.3 is 19.7 Å². The largest absolute Gasteiger partial charge is 0.491 e. The summed E-state index contributed by atoms with van der Waals surface area (Å²) in [5, 5.41) is 19.5. The van der Waals surface area contributed by atoms with Crippen LogP contribution in [0.1, 0.15) is 13.8 Å². The SMILES string of the molecule is CCSCC(O)COc1cccc(OCC(O)CSCC)c1. The molecule has 0 aliphatic heterocycles. The fourth-order valence-corrected chi connectivity index (χ4v) is 2.85. The molecule has 0 aromatic heterocycles. The minimum absolute atomic E-state index is 0.270. The zero-order chi connectivity index (χ0) is 16.2. The molecule has 0 bridgehead atoms. The average Bonchev–Trinajstić information content (AvgIpc) is 2.54. The molecule has 0 saturated carbocycles. The number of benzene rings is 1. The zero-order valence-electron chi connectivity index (χ0n) is 13.2. The molecule has 0 fully saturated rings. The number of hydrogen-bond acceptors (Lipinski definition) is 6. The maximum atomic E-state index is 9.76. The van der Waals surface area contributed by atoms with Gasteiger partial charge in [-0.3, -0.25) is 0 Å². The summed E-state index contributed by atoms with van der Waals surface area (Å²) in [6.45, 7) is 4.66. The van der Waals surface area contributed by atoms with Gasteiger partial charge >= 0.3 is 0 Å². The highest BCUT2D eigenvalue weighted by Crippen LogP contribution is 2.20. The molecule has 0 heterocycles. The first-order valence-corrected chi connectivity index (χ1v) is 9.83. The Morgan fingerprint density at radius 2 is 1.36 bits per heavy atom. The molecule has 0 aliphatic carbocycles. The van der Waals surface area contributed by atoms with Crippen molar-refractivity contribution in [2.45, 2.75) is 26.1 Å². The lowest BCUT2D eigenvalue weighted by molar-refractivity contribution is 0.122. The molecule has 4 nitrogen and oxygen atoms in total. The summed E-state index contributed by atoms with van der Waals surface area (Å²) in [6, 6.07) is 7.27. The van der Waals surface area contributed by atoms with Crippen molar-refractivity contribution in [3.8, 4) is 11.5 Å². The quantitative estimate of drug-likeness (QED) is 0.607. The Labute approximate surface area is 141 Å². The van der Waals surface area contributed by atoms with E-state index < -0.39 is 12.2 Å². The van der Waals surface area contributed by atoms with Crippen molar-refractivity contribution in [3.63, 3.8) is 0 Å². The number of hydrogen-bond donors (Lipinski definition) is 2. The van der Waals surface area contributed by atoms with Crippen molar-refractivity contribution in [2.24, 2.45) is 0 Å². The van der Waals surface area contributed by atoms with Crippen LogP contribution in [0, 0.1) is 0 Å². The van der Waals surface area contributed by atoms with Crippen LogP contribution in [0.4, 0.5) is 0 Å². The van der Waals surface area contributed by atoms with Gasteiger partial charge in [0.05, 0.1) is 12.2 Å². The van der Waals surface area contributed by atoms with E-state index in [2.05, 4.69) is 13.8 Å². The Balaban J connectivity index is 2.35. The smallest absolute Gasteiger partial charge is 0.123 e. The fourth-order valence-electron chi connectivity index (χ4n) is 1.64. The van der Waals surface area contributed by atoms with E-state index in [1.165, 1.54) is 0 Å². The van der Waals surface area contributed by atoms with Crippen LogP contribution in [-0.4, -0.2) is 58.6 Å². The van der Waals surface area contributed by atoms with Gasteiger partial charge in [-0.2, -0.15) is 23.5 Å². The van der Waals surface area contributed by atoms with Gasteiger partial charge in [-0.1, -0.05) is 19.9 Å². The maximum absolute atomic E-state index is 9.76. The van der Waals surface area contributed by atoms with Gasteiger partial charge in [-0.25, -0.2) is 0 Å². The predicted molar refractivity (Wildman–Crippen MR) is 95.4 cm³/mol. The van der Waals surface area contributed by atoms with Crippen molar-refractivity contribution in [1.82, 2.24) is 0 Å². The topological polar surface area (TPSA) is 58.9 Å². The normalized spacial score (nSPS) is 13.6. The molecular weight excluding hydrogens is 320 g/mol. The first-order valence-electron chi connectivity index (χ1n) is 7.53. The number of aliphatic hydroxyl groups is 2. The van der Waals surface area contributed by atoms with Crippen molar-refractivity contribution in [3.05, 3.63) is 24.3 Å². The number of ether oxygens (including phenoxy) is 2. The molecule has 1 rings (SSSR count). The van der Waals surface area contributed by atoms with Crippen LogP contribution >= 0.6 is 23.5 Å². The third-order valence-corrected chi connectivity index (χ3v) is 4.78. The Hall–Kier alpha value is -0.560. The maximum Gasteiger partial charge on any atom is 0.123 e. The van der Waals surface area contributed by atoms with Gasteiger partial charge in [0.25, 0.3) is 0 Å². The second-order valence-electron chi connectivity index (χ2n) is 4.72. The fraction of sp³-hybridized carbons (Fsp3) is 0.625. The molecule has 0 radical (unpaired) electrons. The zero-order valence-corrected chi connectivity index (χ0v) is 14.9. The predicted octanol–water partition coefficient (Wildman–Crippen LogP) is 2.67. The number of aliphatic hydroxyl groups excluding tert-OH is 2. The van der Waals surface area contributed by atoms with E-state index in [0.717, 1.165) is 11.5 Å². The van der Waals surface area contributed by atoms with Gasteiger partial charge in [0.1, 0.15) is 24.7 Å². The summed E-state index contributed by atoms with van der Waals surface area (Å²) in [5.41, 5.74) is 0. The van der Waals surface area contributed by atoms with E-state index in [0.29, 0.717) is 23.0 Å². The van der Waals surface area contributed by atoms with Gasteiger partial charge in [-0.15, -0.1) is 0 Å². The minimum Gasteiger partial charge on any atom is -0.491 e. The molecule has 2 atom stereocenters. The van der Waals surface area contributed by atoms with E-state index in [1.54, 1.807) is 29.6 Å². The van der Waals surface area contributed by atoms with Crippen LogP contribution in [-0.2, 0) is 0 Å². The number of rotatable bonds is 12. The number of thioether (sulfide) groups is 2. The Kier molecular flexibility index (Phi) is 10.6. The second-order valence-corrected chi connectivity index (χ2v) is 7.36. The summed E-state index contributed by atoms with van der Waals surface area (Å²) in [7, 11) is 0. The molecule has 2 N–H and O–H groups in total. The van der Waals surface area contributed by atoms with Crippen molar-refractivity contribution in [2.75, 3.05) is 36.2 Å². The summed E-state index contributed by atoms with van der Waals surface area (Å²) in [5.74, 6) is 4.64. The minimum atomic E-state index is -0.470. The van der Waals surface area contributed by atoms with Gasteiger partial charge in [0.15, 0.2) is 0 Å². The first kappa shape index (κ1) is 19.5. The highest BCUT2D eigenvalue weighted by Gasteiger charge is 2.07. The van der Waals surface area contributed by atoms with Crippen LogP contribution < -0.4 is 9.47 Å². The molecule has 126 valence electrons. The molecule has 22 heavy (non-hydrogen) atoms. The average molecular weight is 347 g/mol. The lowest BCUT2D eigenvalue weighted by Gasteiger charge is -2.14. The molecule has 1 aromatic carbocycles. The Bertz CT molecular complexity index is 370. The van der Waals surface area contributed by atoms with Gasteiger partial charge in [0.2, 0.25) is 0 Å². The van der Waals surface area contributed by atoms with Gasteiger partial charge in [0, 0.05) is 17.6 Å². The van der Waals surface area contributed by atoms with E-state index in [1.807, 2.05) is 18.2 Å². The summed E-state index contributed by atoms with van der Waals surface area (Å²) < 4.78 is 11.1. The summed E-state index contributed by atoms with van der Waals surface area (Å²) in [6.07, 6.45) is -0.940. The van der Waals surface area contributed by atoms with E-state index in [4.69, 9.17) is 9.47 Å². The third kappa shape index (κ3) is 8.78. The summed E-state index contributed by atoms with van der Waals surface area (Å²) >= 11 is 3.38. The highest BCUT2D eigenvalue weighted by molar-refractivity contribution is 7.99. The van der Waals surface area contributed by atoms with Crippen LogP contribution in [0.15, 0.2) is 24.3 Å². The van der Waals surface area contributed by atoms with E-state index >= 15 is 0 Å². The van der Waals surface area contributed by atoms with Crippen molar-refractivity contribution in [1.29, 1.82) is 0 Å². The van der Waals surface area contributed by atoms with Crippen LogP contribution in [0.2, 0.25) is 0 Å². The molecule has 2 unspecified atom stereocenters. The lowest BCUT2D eigenvalue weighted by Crippen LogP contribution is -2.21. The molecule has 0 saturated heterocycles. The molecule has 0 aliphatic rings. The second kappa shape index (κ2) is 11.9. The highest BCUT2D eigenvalue weighted by atomic mass is 32.2. The van der Waals surface area contributed by atoms with Crippen molar-refractivity contribution < 1.29 is 19.7 Å². The summed E-state index contributed by atoms with van der Waals surface area (Å²) in [4.78, 5) is 0. The molecular formula is C16H26O4S2. The van der Waals surface area contributed by atoms with Gasteiger partial charge in [-0.05, 0) is 23.6 Å². The Morgan fingerprint density at radius 1 is 0.909 bits per heavy atom. The molecule has 1 aromatic rings. The molecule has 6 heteroatoms. The van der Waals surface area contributed by atoms with Crippen LogP contribution in [0.3, 0.4) is 0 Å². The lowest BCUT2D eigenvalue weighted by atomic mass is 10.3. The monoisotopic (exact) mass is 346 g/mol. The first-order chi connectivity index (χ1) is 10.7. The van der Waals surface area contributed by atoms with Crippen molar-refractivity contribution >= 4 is 23.5 Å². The van der Waals surface area contributed by atoms with Crippen LogP contribution in [0.5, 0.6) is 11.5 Å². The molecule has 0 spiro atoms.